The third-order valence-electron chi connectivity index (χ3n) is 5.87. The van der Waals surface area contributed by atoms with Crippen LogP contribution in [0.4, 0.5) is 5.13 Å². The Balaban J connectivity index is 1.33. The predicted molar refractivity (Wildman–Crippen MR) is 123 cm³/mol. The maximum atomic E-state index is 11.5. The summed E-state index contributed by atoms with van der Waals surface area (Å²) in [6, 6.07) is 16.2. The lowest BCUT2D eigenvalue weighted by Crippen LogP contribution is -2.30. The Bertz CT molecular complexity index is 1210. The Morgan fingerprint density at radius 2 is 2.00 bits per heavy atom. The van der Waals surface area contributed by atoms with Crippen molar-refractivity contribution < 1.29 is 4.79 Å². The fourth-order valence-corrected chi connectivity index (χ4v) is 5.02. The quantitative estimate of drug-likeness (QED) is 0.517. The molecule has 3 heterocycles. The van der Waals surface area contributed by atoms with Gasteiger partial charge in [0.1, 0.15) is 0 Å². The van der Waals surface area contributed by atoms with Gasteiger partial charge in [-0.25, -0.2) is 9.67 Å². The van der Waals surface area contributed by atoms with Gasteiger partial charge in [0, 0.05) is 48.0 Å². The minimum atomic E-state index is -0.385. The van der Waals surface area contributed by atoms with Crippen molar-refractivity contribution in [3.63, 3.8) is 0 Å². The average molecular weight is 430 g/mol. The summed E-state index contributed by atoms with van der Waals surface area (Å²) < 4.78 is 1.86. The molecule has 0 saturated carbocycles. The highest BCUT2D eigenvalue weighted by molar-refractivity contribution is 7.15. The molecule has 1 amide bonds. The molecule has 156 valence electrons. The van der Waals surface area contributed by atoms with Crippen molar-refractivity contribution in [2.45, 2.75) is 25.8 Å². The first-order chi connectivity index (χ1) is 15.1. The standard InChI is InChI=1S/C24H23N5OS/c1-16(17-5-7-21(8-6-17)29-11-2-10-27-29)22-14-26-24(31-22)28-12-9-18-3-4-19(23(25)30)13-20(18)15-28/h2-8,10-11,13-14,16H,9,12,15H2,1H3,(H2,25,30). The summed E-state index contributed by atoms with van der Waals surface area (Å²) in [5.41, 5.74) is 10.8. The SMILES string of the molecule is CC(c1ccc(-n2cccn2)cc1)c1cnc(N2CCc3ccc(C(N)=O)cc3C2)s1. The smallest absolute Gasteiger partial charge is 0.248 e. The van der Waals surface area contributed by atoms with E-state index < -0.39 is 0 Å². The van der Waals surface area contributed by atoms with Gasteiger partial charge in [0.25, 0.3) is 0 Å². The zero-order chi connectivity index (χ0) is 21.4. The van der Waals surface area contributed by atoms with Gasteiger partial charge in [-0.1, -0.05) is 25.1 Å². The Morgan fingerprint density at radius 3 is 2.74 bits per heavy atom. The topological polar surface area (TPSA) is 77.0 Å². The third-order valence-corrected chi connectivity index (χ3v) is 7.11. The number of hydrogen-bond acceptors (Lipinski definition) is 5. The van der Waals surface area contributed by atoms with E-state index in [1.807, 2.05) is 41.3 Å². The maximum absolute atomic E-state index is 11.5. The van der Waals surface area contributed by atoms with E-state index in [1.54, 1.807) is 17.5 Å². The molecule has 1 aliphatic rings. The molecule has 0 spiro atoms. The van der Waals surface area contributed by atoms with Gasteiger partial charge in [0.2, 0.25) is 5.91 Å². The van der Waals surface area contributed by atoms with Crippen LogP contribution < -0.4 is 10.6 Å². The fourth-order valence-electron chi connectivity index (χ4n) is 4.00. The summed E-state index contributed by atoms with van der Waals surface area (Å²) in [7, 11) is 0. The largest absolute Gasteiger partial charge is 0.366 e. The van der Waals surface area contributed by atoms with Crippen LogP contribution in [0.25, 0.3) is 5.69 Å². The molecule has 31 heavy (non-hydrogen) atoms. The molecule has 2 aromatic heterocycles. The van der Waals surface area contributed by atoms with E-state index in [9.17, 15) is 4.79 Å². The van der Waals surface area contributed by atoms with Gasteiger partial charge in [-0.3, -0.25) is 4.79 Å². The predicted octanol–water partition coefficient (Wildman–Crippen LogP) is 4.14. The zero-order valence-corrected chi connectivity index (χ0v) is 18.0. The zero-order valence-electron chi connectivity index (χ0n) is 17.2. The number of aromatic nitrogens is 3. The van der Waals surface area contributed by atoms with Crippen molar-refractivity contribution in [1.29, 1.82) is 0 Å². The van der Waals surface area contributed by atoms with E-state index >= 15 is 0 Å². The molecule has 6 nitrogen and oxygen atoms in total. The Kier molecular flexibility index (Phi) is 5.03. The van der Waals surface area contributed by atoms with Crippen LogP contribution in [0.3, 0.4) is 0 Å². The molecule has 0 radical (unpaired) electrons. The monoisotopic (exact) mass is 429 g/mol. The van der Waals surface area contributed by atoms with Crippen LogP contribution in [0.2, 0.25) is 0 Å². The Hall–Kier alpha value is -3.45. The number of rotatable bonds is 5. The Labute approximate surface area is 185 Å². The van der Waals surface area contributed by atoms with E-state index in [2.05, 4.69) is 41.2 Å². The van der Waals surface area contributed by atoms with Gasteiger partial charge in [0.15, 0.2) is 5.13 Å². The molecule has 0 bridgehead atoms. The summed E-state index contributed by atoms with van der Waals surface area (Å²) in [5, 5.41) is 5.30. The van der Waals surface area contributed by atoms with Crippen LogP contribution in [0, 0.1) is 0 Å². The van der Waals surface area contributed by atoms with Gasteiger partial charge < -0.3 is 10.6 Å². The van der Waals surface area contributed by atoms with Crippen molar-refractivity contribution in [2.24, 2.45) is 5.73 Å². The molecule has 7 heteroatoms. The number of carbonyl (C=O) groups excluding carboxylic acids is 1. The van der Waals surface area contributed by atoms with Crippen molar-refractivity contribution >= 4 is 22.4 Å². The summed E-state index contributed by atoms with van der Waals surface area (Å²) in [5.74, 6) is -0.125. The van der Waals surface area contributed by atoms with Crippen molar-refractivity contribution in [3.05, 3.63) is 94.3 Å². The second-order valence-electron chi connectivity index (χ2n) is 7.83. The molecule has 0 aliphatic carbocycles. The van der Waals surface area contributed by atoms with Gasteiger partial charge in [0.05, 0.1) is 5.69 Å². The molecule has 2 aromatic carbocycles. The van der Waals surface area contributed by atoms with E-state index in [-0.39, 0.29) is 11.8 Å². The first-order valence-electron chi connectivity index (χ1n) is 10.3. The number of fused-ring (bicyclic) bond motifs is 1. The second kappa shape index (κ2) is 8.00. The summed E-state index contributed by atoms with van der Waals surface area (Å²) >= 11 is 1.74. The van der Waals surface area contributed by atoms with Crippen LogP contribution in [-0.4, -0.2) is 27.2 Å². The van der Waals surface area contributed by atoms with Gasteiger partial charge in [-0.2, -0.15) is 5.10 Å². The first kappa shape index (κ1) is 19.5. The normalized spacial score (nSPS) is 14.3. The number of nitrogens with two attached hydrogens (primary N) is 1. The van der Waals surface area contributed by atoms with Crippen LogP contribution in [0.15, 0.2) is 67.1 Å². The van der Waals surface area contributed by atoms with Crippen molar-refractivity contribution in [1.82, 2.24) is 14.8 Å². The lowest BCUT2D eigenvalue weighted by atomic mass is 9.97. The minimum Gasteiger partial charge on any atom is -0.366 e. The minimum absolute atomic E-state index is 0.261. The lowest BCUT2D eigenvalue weighted by molar-refractivity contribution is 0.1000. The average Bonchev–Trinajstić information content (AvgIpc) is 3.50. The van der Waals surface area contributed by atoms with E-state index in [0.29, 0.717) is 5.56 Å². The van der Waals surface area contributed by atoms with Crippen LogP contribution in [0.5, 0.6) is 0 Å². The highest BCUT2D eigenvalue weighted by Gasteiger charge is 2.21. The van der Waals surface area contributed by atoms with Gasteiger partial charge >= 0.3 is 0 Å². The number of primary amides is 1. The molecular weight excluding hydrogens is 406 g/mol. The highest BCUT2D eigenvalue weighted by Crippen LogP contribution is 2.34. The lowest BCUT2D eigenvalue weighted by Gasteiger charge is -2.28. The van der Waals surface area contributed by atoms with E-state index in [4.69, 9.17) is 10.7 Å². The number of hydrogen-bond donors (Lipinski definition) is 1. The molecule has 0 saturated heterocycles. The van der Waals surface area contributed by atoms with Crippen molar-refractivity contribution in [3.8, 4) is 5.69 Å². The number of amides is 1. The number of thiazole rings is 1. The molecule has 2 N–H and O–H groups in total. The highest BCUT2D eigenvalue weighted by atomic mass is 32.1. The first-order valence-corrected chi connectivity index (χ1v) is 11.1. The van der Waals surface area contributed by atoms with E-state index in [0.717, 1.165) is 35.9 Å². The summed E-state index contributed by atoms with van der Waals surface area (Å²) in [6.07, 6.45) is 6.65. The van der Waals surface area contributed by atoms with Crippen LogP contribution in [-0.2, 0) is 13.0 Å². The summed E-state index contributed by atoms with van der Waals surface area (Å²) in [6.45, 7) is 3.88. The number of nitrogens with zero attached hydrogens (tertiary/aromatic N) is 4. The molecule has 0 fully saturated rings. The third kappa shape index (κ3) is 3.84. The van der Waals surface area contributed by atoms with Gasteiger partial charge in [-0.05, 0) is 53.4 Å². The number of anilines is 1. The molecule has 1 atom stereocenters. The molecule has 4 aromatic rings. The second-order valence-corrected chi connectivity index (χ2v) is 8.87. The summed E-state index contributed by atoms with van der Waals surface area (Å²) in [4.78, 5) is 19.8. The van der Waals surface area contributed by atoms with Crippen molar-refractivity contribution in [2.75, 3.05) is 11.4 Å². The molecule has 5 rings (SSSR count). The molecule has 1 unspecified atom stereocenters. The van der Waals surface area contributed by atoms with Crippen LogP contribution >= 0.6 is 11.3 Å². The molecular formula is C24H23N5OS. The Morgan fingerprint density at radius 1 is 1.16 bits per heavy atom. The maximum Gasteiger partial charge on any atom is 0.248 e. The van der Waals surface area contributed by atoms with Crippen LogP contribution in [0.1, 0.15) is 44.8 Å². The fraction of sp³-hybridized carbons (Fsp3) is 0.208. The number of benzene rings is 2. The molecule has 1 aliphatic heterocycles. The van der Waals surface area contributed by atoms with Gasteiger partial charge in [-0.15, -0.1) is 11.3 Å². The van der Waals surface area contributed by atoms with E-state index in [1.165, 1.54) is 16.0 Å². The number of carbonyl (C=O) groups is 1.